The SMILES string of the molecule is O=C(OC(c1ccccc1)C1CCCCC1=O)c1ccccc1. The molecule has 2 aromatic carbocycles. The van der Waals surface area contributed by atoms with Crippen LogP contribution in [0, 0.1) is 5.92 Å². The van der Waals surface area contributed by atoms with Crippen LogP contribution in [0.4, 0.5) is 0 Å². The predicted molar refractivity (Wildman–Crippen MR) is 88.0 cm³/mol. The van der Waals surface area contributed by atoms with Crippen molar-refractivity contribution < 1.29 is 14.3 Å². The molecular weight excluding hydrogens is 288 g/mol. The number of carbonyl (C=O) groups excluding carboxylic acids is 2. The van der Waals surface area contributed by atoms with Crippen LogP contribution < -0.4 is 0 Å². The number of rotatable bonds is 4. The van der Waals surface area contributed by atoms with Crippen LogP contribution in [0.15, 0.2) is 60.7 Å². The molecule has 0 heterocycles. The van der Waals surface area contributed by atoms with Crippen molar-refractivity contribution in [1.29, 1.82) is 0 Å². The highest BCUT2D eigenvalue weighted by Crippen LogP contribution is 2.35. The fraction of sp³-hybridized carbons (Fsp3) is 0.300. The molecule has 0 saturated heterocycles. The van der Waals surface area contributed by atoms with E-state index in [4.69, 9.17) is 4.74 Å². The zero-order valence-electron chi connectivity index (χ0n) is 13.0. The zero-order valence-corrected chi connectivity index (χ0v) is 13.0. The van der Waals surface area contributed by atoms with Crippen LogP contribution in [-0.2, 0) is 9.53 Å². The van der Waals surface area contributed by atoms with Gasteiger partial charge < -0.3 is 4.74 Å². The van der Waals surface area contributed by atoms with Crippen molar-refractivity contribution in [2.45, 2.75) is 31.8 Å². The lowest BCUT2D eigenvalue weighted by atomic mass is 9.81. The number of ether oxygens (including phenoxy) is 1. The van der Waals surface area contributed by atoms with Crippen LogP contribution in [0.25, 0.3) is 0 Å². The first-order chi connectivity index (χ1) is 11.3. The topological polar surface area (TPSA) is 43.4 Å². The quantitative estimate of drug-likeness (QED) is 0.789. The second-order valence-corrected chi connectivity index (χ2v) is 5.92. The van der Waals surface area contributed by atoms with Crippen LogP contribution in [0.1, 0.15) is 47.7 Å². The van der Waals surface area contributed by atoms with Crippen molar-refractivity contribution in [2.75, 3.05) is 0 Å². The molecule has 2 unspecified atom stereocenters. The van der Waals surface area contributed by atoms with Crippen molar-refractivity contribution in [3.05, 3.63) is 71.8 Å². The van der Waals surface area contributed by atoms with Crippen molar-refractivity contribution in [3.63, 3.8) is 0 Å². The molecule has 0 amide bonds. The van der Waals surface area contributed by atoms with Gasteiger partial charge in [0.25, 0.3) is 0 Å². The maximum Gasteiger partial charge on any atom is 0.338 e. The van der Waals surface area contributed by atoms with Crippen LogP contribution >= 0.6 is 0 Å². The Labute approximate surface area is 136 Å². The Morgan fingerprint density at radius 3 is 2.26 bits per heavy atom. The predicted octanol–water partition coefficient (Wildman–Crippen LogP) is 4.34. The van der Waals surface area contributed by atoms with Crippen molar-refractivity contribution in [3.8, 4) is 0 Å². The van der Waals surface area contributed by atoms with E-state index in [2.05, 4.69) is 0 Å². The summed E-state index contributed by atoms with van der Waals surface area (Å²) in [4.78, 5) is 24.8. The Hall–Kier alpha value is -2.42. The van der Waals surface area contributed by atoms with E-state index in [9.17, 15) is 9.59 Å². The van der Waals surface area contributed by atoms with Gasteiger partial charge in [-0.3, -0.25) is 4.79 Å². The minimum atomic E-state index is -0.503. The average molecular weight is 308 g/mol. The van der Waals surface area contributed by atoms with Gasteiger partial charge in [-0.1, -0.05) is 55.0 Å². The van der Waals surface area contributed by atoms with Gasteiger partial charge in [0, 0.05) is 6.42 Å². The lowest BCUT2D eigenvalue weighted by Crippen LogP contribution is -2.29. The molecule has 1 saturated carbocycles. The highest BCUT2D eigenvalue weighted by atomic mass is 16.5. The standard InChI is InChI=1S/C20H20O3/c21-18-14-8-7-13-17(18)19(15-9-3-1-4-10-15)23-20(22)16-11-5-2-6-12-16/h1-6,9-12,17,19H,7-8,13-14H2. The van der Waals surface area contributed by atoms with E-state index < -0.39 is 6.10 Å². The van der Waals surface area contributed by atoms with E-state index >= 15 is 0 Å². The second-order valence-electron chi connectivity index (χ2n) is 5.92. The molecule has 3 nitrogen and oxygen atoms in total. The molecule has 0 aliphatic heterocycles. The van der Waals surface area contributed by atoms with Crippen molar-refractivity contribution in [2.24, 2.45) is 5.92 Å². The Balaban J connectivity index is 1.86. The van der Waals surface area contributed by atoms with Gasteiger partial charge in [0.2, 0.25) is 0 Å². The summed E-state index contributed by atoms with van der Waals surface area (Å²) >= 11 is 0. The Kier molecular flexibility index (Phi) is 4.86. The summed E-state index contributed by atoms with van der Waals surface area (Å²) in [6, 6.07) is 18.5. The third kappa shape index (κ3) is 3.67. The van der Waals surface area contributed by atoms with E-state index in [1.165, 1.54) is 0 Å². The van der Waals surface area contributed by atoms with Gasteiger partial charge in [-0.15, -0.1) is 0 Å². The summed E-state index contributed by atoms with van der Waals surface area (Å²) < 4.78 is 5.77. The maximum atomic E-state index is 12.4. The maximum absolute atomic E-state index is 12.4. The van der Waals surface area contributed by atoms with Gasteiger partial charge in [-0.25, -0.2) is 4.79 Å². The first-order valence-electron chi connectivity index (χ1n) is 8.09. The second kappa shape index (κ2) is 7.23. The first kappa shape index (κ1) is 15.5. The lowest BCUT2D eigenvalue weighted by Gasteiger charge is -2.29. The summed E-state index contributed by atoms with van der Waals surface area (Å²) in [5.74, 6) is -0.414. The molecule has 0 N–H and O–H groups in total. The number of esters is 1. The van der Waals surface area contributed by atoms with Crippen molar-refractivity contribution >= 4 is 11.8 Å². The molecule has 3 rings (SSSR count). The van der Waals surface area contributed by atoms with Crippen LogP contribution in [-0.4, -0.2) is 11.8 Å². The summed E-state index contributed by atoms with van der Waals surface area (Å²) in [5, 5.41) is 0. The fourth-order valence-corrected chi connectivity index (χ4v) is 3.11. The van der Waals surface area contributed by atoms with E-state index in [0.717, 1.165) is 24.8 Å². The molecule has 23 heavy (non-hydrogen) atoms. The normalized spacial score (nSPS) is 19.1. The molecule has 0 bridgehead atoms. The largest absolute Gasteiger partial charge is 0.453 e. The van der Waals surface area contributed by atoms with Crippen LogP contribution in [0.3, 0.4) is 0 Å². The molecule has 1 aliphatic rings. The number of ketones is 1. The smallest absolute Gasteiger partial charge is 0.338 e. The number of hydrogen-bond donors (Lipinski definition) is 0. The fourth-order valence-electron chi connectivity index (χ4n) is 3.11. The van der Waals surface area contributed by atoms with Gasteiger partial charge in [-0.05, 0) is 30.5 Å². The minimum absolute atomic E-state index is 0.200. The highest BCUT2D eigenvalue weighted by Gasteiger charge is 2.34. The molecular formula is C20H20O3. The van der Waals surface area contributed by atoms with Gasteiger partial charge in [-0.2, -0.15) is 0 Å². The molecule has 0 spiro atoms. The molecule has 1 aliphatic carbocycles. The lowest BCUT2D eigenvalue weighted by molar-refractivity contribution is -0.128. The van der Waals surface area contributed by atoms with E-state index in [-0.39, 0.29) is 17.7 Å². The molecule has 0 radical (unpaired) electrons. The highest BCUT2D eigenvalue weighted by molar-refractivity contribution is 5.90. The molecule has 1 fully saturated rings. The monoisotopic (exact) mass is 308 g/mol. The van der Waals surface area contributed by atoms with Gasteiger partial charge in [0.1, 0.15) is 11.9 Å². The van der Waals surface area contributed by atoms with Gasteiger partial charge in [0.05, 0.1) is 11.5 Å². The summed E-state index contributed by atoms with van der Waals surface area (Å²) in [6.45, 7) is 0. The summed E-state index contributed by atoms with van der Waals surface area (Å²) in [7, 11) is 0. The molecule has 118 valence electrons. The molecule has 2 aromatic rings. The Morgan fingerprint density at radius 2 is 1.61 bits per heavy atom. The van der Waals surface area contributed by atoms with Gasteiger partial charge >= 0.3 is 5.97 Å². The van der Waals surface area contributed by atoms with Crippen molar-refractivity contribution in [1.82, 2.24) is 0 Å². The minimum Gasteiger partial charge on any atom is -0.453 e. The van der Waals surface area contributed by atoms with Gasteiger partial charge in [0.15, 0.2) is 0 Å². The van der Waals surface area contributed by atoms with Crippen LogP contribution in [0.2, 0.25) is 0 Å². The van der Waals surface area contributed by atoms with E-state index in [1.807, 2.05) is 36.4 Å². The molecule has 2 atom stereocenters. The number of hydrogen-bond acceptors (Lipinski definition) is 3. The summed E-state index contributed by atoms with van der Waals surface area (Å²) in [6.07, 6.45) is 2.79. The van der Waals surface area contributed by atoms with E-state index in [1.54, 1.807) is 24.3 Å². The van der Waals surface area contributed by atoms with Crippen LogP contribution in [0.5, 0.6) is 0 Å². The number of carbonyl (C=O) groups is 2. The molecule has 0 aromatic heterocycles. The number of benzene rings is 2. The first-order valence-corrected chi connectivity index (χ1v) is 8.09. The summed E-state index contributed by atoms with van der Waals surface area (Å²) in [5.41, 5.74) is 1.40. The Morgan fingerprint density at radius 1 is 0.957 bits per heavy atom. The van der Waals surface area contributed by atoms with E-state index in [0.29, 0.717) is 12.0 Å². The Bertz CT molecular complexity index is 664. The third-order valence-electron chi connectivity index (χ3n) is 4.34. The molecule has 3 heteroatoms. The zero-order chi connectivity index (χ0) is 16.1. The third-order valence-corrected chi connectivity index (χ3v) is 4.34. The number of Topliss-reactive ketones (excluding diaryl/α,β-unsaturated/α-hetero) is 1. The average Bonchev–Trinajstić information content (AvgIpc) is 2.62.